The molecule has 0 saturated carbocycles. The molecule has 1 aromatic heterocycles. The number of nitrogens with two attached hydrogens (primary N) is 1. The zero-order chi connectivity index (χ0) is 23.7. The van der Waals surface area contributed by atoms with Gasteiger partial charge >= 0.3 is 6.18 Å². The van der Waals surface area contributed by atoms with Crippen LogP contribution in [0.1, 0.15) is 23.9 Å². The Labute approximate surface area is 182 Å². The van der Waals surface area contributed by atoms with Crippen LogP contribution in [0, 0.1) is 12.7 Å². The molecule has 0 bridgehead atoms. The SMILES string of the molecule is COc1ccccc1CC(O)(C(N)=C(C)Cc1cc(F)cc2nc(C)ncc12)C(F)(F)F. The van der Waals surface area contributed by atoms with Crippen molar-refractivity contribution >= 4 is 10.9 Å². The molecule has 0 aliphatic carbocycles. The van der Waals surface area contributed by atoms with Crippen molar-refractivity contribution in [2.24, 2.45) is 5.73 Å². The van der Waals surface area contributed by atoms with E-state index in [9.17, 15) is 22.7 Å². The van der Waals surface area contributed by atoms with Crippen LogP contribution < -0.4 is 10.5 Å². The van der Waals surface area contributed by atoms with Crippen molar-refractivity contribution in [1.29, 1.82) is 0 Å². The molecular weight excluding hydrogens is 426 g/mol. The molecule has 3 aromatic rings. The van der Waals surface area contributed by atoms with Crippen LogP contribution in [0.2, 0.25) is 0 Å². The van der Waals surface area contributed by atoms with E-state index >= 15 is 0 Å². The molecule has 2 aromatic carbocycles. The minimum absolute atomic E-state index is 0.0483. The summed E-state index contributed by atoms with van der Waals surface area (Å²) in [6.45, 7) is 3.02. The third-order valence-electron chi connectivity index (χ3n) is 5.34. The number of hydrogen-bond acceptors (Lipinski definition) is 5. The lowest BCUT2D eigenvalue weighted by atomic mass is 9.86. The van der Waals surface area contributed by atoms with E-state index in [1.807, 2.05) is 0 Å². The molecule has 1 unspecified atom stereocenters. The van der Waals surface area contributed by atoms with Gasteiger partial charge in [0.1, 0.15) is 17.4 Å². The summed E-state index contributed by atoms with van der Waals surface area (Å²) in [6, 6.07) is 8.51. The molecule has 0 aliphatic rings. The van der Waals surface area contributed by atoms with Gasteiger partial charge in [-0.25, -0.2) is 14.4 Å². The van der Waals surface area contributed by atoms with Gasteiger partial charge in [-0.3, -0.25) is 0 Å². The average molecular weight is 449 g/mol. The summed E-state index contributed by atoms with van der Waals surface area (Å²) in [5.41, 5.74) is 2.71. The molecule has 170 valence electrons. The number of ether oxygens (including phenoxy) is 1. The number of allylic oxidation sites excluding steroid dienone is 1. The van der Waals surface area contributed by atoms with Crippen LogP contribution in [-0.4, -0.2) is 34.0 Å². The first-order valence-corrected chi connectivity index (χ1v) is 9.74. The largest absolute Gasteiger partial charge is 0.496 e. The fourth-order valence-electron chi connectivity index (χ4n) is 3.61. The molecular formula is C23H23F4N3O2. The molecule has 0 fully saturated rings. The Bertz CT molecular complexity index is 1170. The van der Waals surface area contributed by atoms with E-state index in [1.54, 1.807) is 19.1 Å². The second-order valence-electron chi connectivity index (χ2n) is 7.63. The summed E-state index contributed by atoms with van der Waals surface area (Å²) in [6.07, 6.45) is -4.54. The second kappa shape index (κ2) is 8.74. The van der Waals surface area contributed by atoms with Crippen LogP contribution in [0.4, 0.5) is 17.6 Å². The van der Waals surface area contributed by atoms with Crippen LogP contribution in [0.25, 0.3) is 10.9 Å². The van der Waals surface area contributed by atoms with Gasteiger partial charge in [0.05, 0.1) is 12.6 Å². The zero-order valence-corrected chi connectivity index (χ0v) is 17.8. The minimum atomic E-state index is -5.07. The topological polar surface area (TPSA) is 81.3 Å². The highest BCUT2D eigenvalue weighted by Gasteiger charge is 2.56. The fraction of sp³-hybridized carbons (Fsp3) is 0.304. The number of fused-ring (bicyclic) bond motifs is 1. The van der Waals surface area contributed by atoms with Gasteiger partial charge in [-0.2, -0.15) is 13.2 Å². The first-order valence-electron chi connectivity index (χ1n) is 9.74. The predicted molar refractivity (Wildman–Crippen MR) is 113 cm³/mol. The molecule has 0 radical (unpaired) electrons. The number of halogens is 4. The molecule has 32 heavy (non-hydrogen) atoms. The average Bonchev–Trinajstić information content (AvgIpc) is 2.72. The number of aromatic nitrogens is 2. The molecule has 1 atom stereocenters. The standard InChI is InChI=1S/C23H23F4N3O2/c1-13(8-16-9-17(24)10-19-18(16)12-29-14(2)30-19)21(28)22(31,23(25,26)27)11-15-6-4-5-7-20(15)32-3/h4-7,9-10,12,31H,8,11,28H2,1-3H3. The highest BCUT2D eigenvalue weighted by molar-refractivity contribution is 5.81. The van der Waals surface area contributed by atoms with E-state index in [0.717, 1.165) is 0 Å². The molecule has 0 aliphatic heterocycles. The maximum Gasteiger partial charge on any atom is 0.423 e. The molecule has 0 spiro atoms. The minimum Gasteiger partial charge on any atom is -0.496 e. The summed E-state index contributed by atoms with van der Waals surface area (Å²) in [5, 5.41) is 11.3. The number of para-hydroxylation sites is 1. The predicted octanol–water partition coefficient (Wildman–Crippen LogP) is 4.40. The Morgan fingerprint density at radius 2 is 1.84 bits per heavy atom. The van der Waals surface area contributed by atoms with Crippen LogP contribution in [0.3, 0.4) is 0 Å². The van der Waals surface area contributed by atoms with Crippen molar-refractivity contribution < 1.29 is 27.4 Å². The van der Waals surface area contributed by atoms with E-state index in [4.69, 9.17) is 10.5 Å². The van der Waals surface area contributed by atoms with Crippen LogP contribution in [-0.2, 0) is 12.8 Å². The first kappa shape index (κ1) is 23.5. The Kier molecular flexibility index (Phi) is 6.41. The lowest BCUT2D eigenvalue weighted by Crippen LogP contribution is -2.51. The third kappa shape index (κ3) is 4.52. The summed E-state index contributed by atoms with van der Waals surface area (Å²) >= 11 is 0. The van der Waals surface area contributed by atoms with E-state index in [2.05, 4.69) is 9.97 Å². The Hall–Kier alpha value is -3.20. The van der Waals surface area contributed by atoms with E-state index in [1.165, 1.54) is 44.5 Å². The maximum absolute atomic E-state index is 14.1. The lowest BCUT2D eigenvalue weighted by molar-refractivity contribution is -0.244. The lowest BCUT2D eigenvalue weighted by Gasteiger charge is -2.33. The van der Waals surface area contributed by atoms with Crippen molar-refractivity contribution in [1.82, 2.24) is 9.97 Å². The van der Waals surface area contributed by atoms with E-state index in [-0.39, 0.29) is 23.3 Å². The molecule has 0 amide bonds. The van der Waals surface area contributed by atoms with Gasteiger partial charge in [-0.15, -0.1) is 0 Å². The van der Waals surface area contributed by atoms with E-state index in [0.29, 0.717) is 22.3 Å². The van der Waals surface area contributed by atoms with Gasteiger partial charge in [0.15, 0.2) is 0 Å². The van der Waals surface area contributed by atoms with Crippen molar-refractivity contribution in [2.75, 3.05) is 7.11 Å². The zero-order valence-electron chi connectivity index (χ0n) is 17.8. The normalized spacial score (nSPS) is 14.8. The van der Waals surface area contributed by atoms with Gasteiger partial charge in [0, 0.05) is 29.8 Å². The number of alkyl halides is 3. The molecule has 5 nitrogen and oxygen atoms in total. The summed E-state index contributed by atoms with van der Waals surface area (Å²) in [5.74, 6) is 0.0467. The maximum atomic E-state index is 14.1. The molecule has 1 heterocycles. The number of aliphatic hydroxyl groups is 1. The van der Waals surface area contributed by atoms with Gasteiger partial charge < -0.3 is 15.6 Å². The smallest absolute Gasteiger partial charge is 0.423 e. The second-order valence-corrected chi connectivity index (χ2v) is 7.63. The Morgan fingerprint density at radius 3 is 2.50 bits per heavy atom. The van der Waals surface area contributed by atoms with Crippen LogP contribution in [0.5, 0.6) is 5.75 Å². The van der Waals surface area contributed by atoms with Crippen LogP contribution in [0.15, 0.2) is 53.9 Å². The molecule has 0 saturated heterocycles. The van der Waals surface area contributed by atoms with Crippen molar-refractivity contribution in [3.63, 3.8) is 0 Å². The number of rotatable bonds is 6. The monoisotopic (exact) mass is 449 g/mol. The van der Waals surface area contributed by atoms with Gasteiger partial charge in [0.2, 0.25) is 5.60 Å². The molecule has 3 rings (SSSR count). The number of methoxy groups -OCH3 is 1. The van der Waals surface area contributed by atoms with Gasteiger partial charge in [-0.1, -0.05) is 18.2 Å². The van der Waals surface area contributed by atoms with Crippen LogP contribution >= 0.6 is 0 Å². The first-order chi connectivity index (χ1) is 15.0. The van der Waals surface area contributed by atoms with Gasteiger partial charge in [-0.05, 0) is 49.1 Å². The van der Waals surface area contributed by atoms with Crippen molar-refractivity contribution in [3.8, 4) is 5.75 Å². The number of nitrogens with zero attached hydrogens (tertiary/aromatic N) is 2. The van der Waals surface area contributed by atoms with Gasteiger partial charge in [0.25, 0.3) is 0 Å². The number of hydrogen-bond donors (Lipinski definition) is 2. The molecule has 3 N–H and O–H groups in total. The molecule has 9 heteroatoms. The van der Waals surface area contributed by atoms with E-state index < -0.39 is 29.7 Å². The highest BCUT2D eigenvalue weighted by Crippen LogP contribution is 2.40. The summed E-state index contributed by atoms with van der Waals surface area (Å²) < 4.78 is 61.4. The Morgan fingerprint density at radius 1 is 1.16 bits per heavy atom. The summed E-state index contributed by atoms with van der Waals surface area (Å²) in [4.78, 5) is 8.26. The number of benzene rings is 2. The summed E-state index contributed by atoms with van der Waals surface area (Å²) in [7, 11) is 1.33. The fourth-order valence-corrected chi connectivity index (χ4v) is 3.61. The highest BCUT2D eigenvalue weighted by atomic mass is 19.4. The van der Waals surface area contributed by atoms with Crippen molar-refractivity contribution in [2.45, 2.75) is 38.5 Å². The van der Waals surface area contributed by atoms with Crippen molar-refractivity contribution in [3.05, 3.63) is 76.6 Å². The quantitative estimate of drug-likeness (QED) is 0.546. The Balaban J connectivity index is 2.07. The third-order valence-corrected chi connectivity index (χ3v) is 5.34. The number of aryl methyl sites for hydroxylation is 1.